The van der Waals surface area contributed by atoms with Crippen molar-refractivity contribution >= 4 is 11.8 Å². The second kappa shape index (κ2) is 6.39. The van der Waals surface area contributed by atoms with Crippen molar-refractivity contribution in [2.24, 2.45) is 5.92 Å². The minimum atomic E-state index is -0.715. The molecule has 0 radical (unpaired) electrons. The van der Waals surface area contributed by atoms with E-state index >= 15 is 0 Å². The molecule has 2 amide bonds. The number of amides is 2. The fourth-order valence-electron chi connectivity index (χ4n) is 4.01. The number of nitrogens with zero attached hydrogens (tertiary/aromatic N) is 4. The van der Waals surface area contributed by atoms with Crippen LogP contribution in [0.15, 0.2) is 12.3 Å². The van der Waals surface area contributed by atoms with Crippen LogP contribution in [0.1, 0.15) is 52.0 Å². The number of nitrogens with one attached hydrogen (secondary N) is 2. The summed E-state index contributed by atoms with van der Waals surface area (Å²) in [5.41, 5.74) is 1.89. The lowest BCUT2D eigenvalue weighted by atomic mass is 9.81. The Morgan fingerprint density at radius 2 is 2.28 bits per heavy atom. The normalized spacial score (nSPS) is 20.1. The van der Waals surface area contributed by atoms with Crippen LogP contribution >= 0.6 is 0 Å². The number of carbonyl (C=O) groups excluding carboxylic acids is 2. The molecule has 1 saturated carbocycles. The number of H-pyrrole nitrogens is 1. The summed E-state index contributed by atoms with van der Waals surface area (Å²) >= 11 is 0. The number of fused-ring (bicyclic) bond motifs is 1. The summed E-state index contributed by atoms with van der Waals surface area (Å²) in [6.07, 6.45) is 3.46. The van der Waals surface area contributed by atoms with E-state index in [0.29, 0.717) is 53.7 Å². The van der Waals surface area contributed by atoms with Gasteiger partial charge in [0.05, 0.1) is 47.8 Å². The minimum absolute atomic E-state index is 0.198. The van der Waals surface area contributed by atoms with Gasteiger partial charge >= 0.3 is 0 Å². The van der Waals surface area contributed by atoms with Crippen molar-refractivity contribution in [1.29, 1.82) is 5.26 Å². The van der Waals surface area contributed by atoms with E-state index in [4.69, 9.17) is 4.74 Å². The molecule has 0 spiro atoms. The molecular weight excluding hydrogens is 372 g/mol. The molecule has 2 fully saturated rings. The molecule has 9 heteroatoms. The van der Waals surface area contributed by atoms with Crippen LogP contribution in [0.2, 0.25) is 0 Å². The van der Waals surface area contributed by atoms with Gasteiger partial charge in [0, 0.05) is 12.1 Å². The van der Waals surface area contributed by atoms with E-state index in [9.17, 15) is 14.9 Å². The van der Waals surface area contributed by atoms with Gasteiger partial charge in [0.15, 0.2) is 0 Å². The topological polar surface area (TPSA) is 124 Å². The first-order valence-corrected chi connectivity index (χ1v) is 9.67. The summed E-state index contributed by atoms with van der Waals surface area (Å²) in [4.78, 5) is 38.7. The van der Waals surface area contributed by atoms with Crippen molar-refractivity contribution in [1.82, 2.24) is 25.2 Å². The molecule has 9 nitrogen and oxygen atoms in total. The van der Waals surface area contributed by atoms with Gasteiger partial charge in [0.2, 0.25) is 0 Å². The molecule has 5 rings (SSSR count). The van der Waals surface area contributed by atoms with E-state index in [1.165, 1.54) is 6.20 Å². The average molecular weight is 392 g/mol. The number of rotatable bonds is 4. The Morgan fingerprint density at radius 3 is 2.97 bits per heavy atom. The van der Waals surface area contributed by atoms with Gasteiger partial charge in [-0.2, -0.15) is 5.26 Å². The highest BCUT2D eigenvalue weighted by atomic mass is 16.5. The fraction of sp³-hybridized carbons (Fsp3) is 0.450. The lowest BCUT2D eigenvalue weighted by Gasteiger charge is -2.22. The summed E-state index contributed by atoms with van der Waals surface area (Å²) in [5.74, 6) is 0.259. The van der Waals surface area contributed by atoms with Crippen LogP contribution in [0, 0.1) is 17.2 Å². The Balaban J connectivity index is 1.59. The maximum Gasteiger partial charge on any atom is 0.273 e. The third kappa shape index (κ3) is 2.79. The SMILES string of the molecule is CC(C#N)(c1cc(-c2ncc(C(=O)N3CCOC3)[nH]2)c2c(n1)CNC2=O)C1CC1. The zero-order valence-electron chi connectivity index (χ0n) is 16.0. The quantitative estimate of drug-likeness (QED) is 0.809. The number of aromatic amines is 1. The zero-order chi connectivity index (χ0) is 20.2. The Morgan fingerprint density at radius 1 is 1.45 bits per heavy atom. The van der Waals surface area contributed by atoms with Crippen molar-refractivity contribution < 1.29 is 14.3 Å². The third-order valence-corrected chi connectivity index (χ3v) is 6.00. The average Bonchev–Trinajstić information content (AvgIpc) is 3.13. The summed E-state index contributed by atoms with van der Waals surface area (Å²) in [7, 11) is 0. The Bertz CT molecular complexity index is 1060. The van der Waals surface area contributed by atoms with Crippen molar-refractivity contribution in [2.75, 3.05) is 19.9 Å². The first-order chi connectivity index (χ1) is 14.0. The van der Waals surface area contributed by atoms with Gasteiger partial charge in [-0.15, -0.1) is 0 Å². The lowest BCUT2D eigenvalue weighted by molar-refractivity contribution is 0.0689. The molecule has 2 aromatic heterocycles. The van der Waals surface area contributed by atoms with E-state index in [2.05, 4.69) is 26.3 Å². The molecule has 1 unspecified atom stereocenters. The number of aromatic nitrogens is 3. The van der Waals surface area contributed by atoms with Crippen LogP contribution in [-0.4, -0.2) is 51.5 Å². The summed E-state index contributed by atoms with van der Waals surface area (Å²) in [5, 5.41) is 12.6. The minimum Gasteiger partial charge on any atom is -0.359 e. The maximum atomic E-state index is 12.6. The smallest absolute Gasteiger partial charge is 0.273 e. The molecule has 0 bridgehead atoms. The first kappa shape index (κ1) is 17.8. The molecule has 2 aliphatic heterocycles. The first-order valence-electron chi connectivity index (χ1n) is 9.67. The molecule has 29 heavy (non-hydrogen) atoms. The Labute approximate surface area is 167 Å². The number of nitriles is 1. The number of imidazole rings is 1. The van der Waals surface area contributed by atoms with Crippen LogP contribution in [-0.2, 0) is 16.7 Å². The third-order valence-electron chi connectivity index (χ3n) is 6.00. The second-order valence-electron chi connectivity index (χ2n) is 7.90. The molecule has 2 N–H and O–H groups in total. The summed E-state index contributed by atoms with van der Waals surface area (Å²) < 4.78 is 5.24. The number of hydrogen-bond donors (Lipinski definition) is 2. The van der Waals surface area contributed by atoms with Crippen LogP contribution in [0.5, 0.6) is 0 Å². The number of hydrogen-bond acceptors (Lipinski definition) is 6. The van der Waals surface area contributed by atoms with Gasteiger partial charge < -0.3 is 19.9 Å². The summed E-state index contributed by atoms with van der Waals surface area (Å²) in [6, 6.07) is 4.20. The highest BCUT2D eigenvalue weighted by Crippen LogP contribution is 2.47. The molecule has 1 atom stereocenters. The van der Waals surface area contributed by atoms with E-state index in [1.807, 2.05) is 6.92 Å². The molecular formula is C20H20N6O3. The van der Waals surface area contributed by atoms with E-state index in [0.717, 1.165) is 12.8 Å². The van der Waals surface area contributed by atoms with Crippen LogP contribution < -0.4 is 5.32 Å². The van der Waals surface area contributed by atoms with Crippen LogP contribution in [0.25, 0.3) is 11.4 Å². The fourth-order valence-corrected chi connectivity index (χ4v) is 4.01. The van der Waals surface area contributed by atoms with E-state index in [-0.39, 0.29) is 24.5 Å². The van der Waals surface area contributed by atoms with E-state index in [1.54, 1.807) is 11.0 Å². The van der Waals surface area contributed by atoms with Gasteiger partial charge in [-0.1, -0.05) is 0 Å². The molecule has 2 aromatic rings. The molecule has 0 aromatic carbocycles. The molecule has 4 heterocycles. The van der Waals surface area contributed by atoms with Gasteiger partial charge in [-0.05, 0) is 31.7 Å². The van der Waals surface area contributed by atoms with Crippen molar-refractivity contribution in [3.05, 3.63) is 34.9 Å². The lowest BCUT2D eigenvalue weighted by Crippen LogP contribution is -2.28. The number of pyridine rings is 1. The van der Waals surface area contributed by atoms with Crippen molar-refractivity contribution in [3.63, 3.8) is 0 Å². The maximum absolute atomic E-state index is 12.6. The molecule has 3 aliphatic rings. The zero-order valence-corrected chi connectivity index (χ0v) is 16.0. The monoisotopic (exact) mass is 392 g/mol. The van der Waals surface area contributed by atoms with Crippen LogP contribution in [0.4, 0.5) is 0 Å². The summed E-state index contributed by atoms with van der Waals surface area (Å²) in [6.45, 7) is 3.53. The Kier molecular flexibility index (Phi) is 3.93. The van der Waals surface area contributed by atoms with E-state index < -0.39 is 5.41 Å². The van der Waals surface area contributed by atoms with Crippen molar-refractivity contribution in [2.45, 2.75) is 31.7 Å². The highest BCUT2D eigenvalue weighted by Gasteiger charge is 2.45. The molecule has 148 valence electrons. The van der Waals surface area contributed by atoms with Crippen molar-refractivity contribution in [3.8, 4) is 17.5 Å². The molecule has 1 aliphatic carbocycles. The number of carbonyl (C=O) groups is 2. The largest absolute Gasteiger partial charge is 0.359 e. The predicted molar refractivity (Wildman–Crippen MR) is 101 cm³/mol. The Hall–Kier alpha value is -3.25. The number of ether oxygens (including phenoxy) is 1. The second-order valence-corrected chi connectivity index (χ2v) is 7.90. The predicted octanol–water partition coefficient (Wildman–Crippen LogP) is 1.34. The van der Waals surface area contributed by atoms with Gasteiger partial charge in [-0.25, -0.2) is 4.98 Å². The van der Waals surface area contributed by atoms with Gasteiger partial charge in [0.25, 0.3) is 11.8 Å². The van der Waals surface area contributed by atoms with Crippen LogP contribution in [0.3, 0.4) is 0 Å². The standard InChI is InChI=1S/C20H20N6O3/c1-20(9-21,11-2-3-11)15-6-12(16-13(24-15)7-23-18(16)27)17-22-8-14(25-17)19(28)26-4-5-29-10-26/h6,8,11H,2-5,7,10H2,1H3,(H,22,25)(H,23,27). The molecule has 1 saturated heterocycles. The highest BCUT2D eigenvalue weighted by molar-refractivity contribution is 6.03. The van der Waals surface area contributed by atoms with Gasteiger partial charge in [-0.3, -0.25) is 14.6 Å². The van der Waals surface area contributed by atoms with Gasteiger partial charge in [0.1, 0.15) is 18.2 Å².